The Labute approximate surface area is 117 Å². The lowest BCUT2D eigenvalue weighted by Crippen LogP contribution is -2.15. The Balaban J connectivity index is 2.07. The van der Waals surface area contributed by atoms with Gasteiger partial charge >= 0.3 is 0 Å². The normalized spacial score (nSPS) is 10.3. The summed E-state index contributed by atoms with van der Waals surface area (Å²) in [7, 11) is 3.33. The Hall–Kier alpha value is -2.27. The molecule has 0 fully saturated rings. The minimum absolute atomic E-state index is 0.0628. The summed E-state index contributed by atoms with van der Waals surface area (Å²) >= 11 is 0. The summed E-state index contributed by atoms with van der Waals surface area (Å²) in [4.78, 5) is 12.0. The number of hydrogen-bond acceptors (Lipinski definition) is 4. The Morgan fingerprint density at radius 1 is 1.30 bits per heavy atom. The number of carbonyl (C=O) groups excluding carboxylic acids is 1. The largest absolute Gasteiger partial charge is 0.493 e. The van der Waals surface area contributed by atoms with E-state index in [2.05, 4.69) is 0 Å². The highest BCUT2D eigenvalue weighted by Gasteiger charge is 2.12. The third-order valence-corrected chi connectivity index (χ3v) is 3.00. The van der Waals surface area contributed by atoms with E-state index in [1.165, 1.54) is 7.11 Å². The number of benzene rings is 1. The van der Waals surface area contributed by atoms with E-state index >= 15 is 0 Å². The van der Waals surface area contributed by atoms with Crippen LogP contribution >= 0.6 is 0 Å². The minimum atomic E-state index is -0.106. The molecule has 2 aromatic rings. The number of rotatable bonds is 6. The summed E-state index contributed by atoms with van der Waals surface area (Å²) in [6.07, 6.45) is 1.81. The number of Topliss-reactive ketones (excluding diaryl/α,β-unsaturated/α-hetero) is 1. The lowest BCUT2D eigenvalue weighted by molar-refractivity contribution is 0.0911. The first kappa shape index (κ1) is 14.1. The summed E-state index contributed by atoms with van der Waals surface area (Å²) in [6.45, 7) is -0.133. The number of hydrogen-bond donors (Lipinski definition) is 1. The molecule has 0 radical (unpaired) electrons. The number of ketones is 1. The monoisotopic (exact) mass is 275 g/mol. The fourth-order valence-electron chi connectivity index (χ4n) is 1.90. The zero-order chi connectivity index (χ0) is 14.5. The van der Waals surface area contributed by atoms with Gasteiger partial charge in [-0.3, -0.25) is 4.79 Å². The second-order valence-corrected chi connectivity index (χ2v) is 4.36. The van der Waals surface area contributed by atoms with E-state index in [0.29, 0.717) is 17.2 Å². The topological polar surface area (TPSA) is 60.7 Å². The van der Waals surface area contributed by atoms with Gasteiger partial charge in [0.1, 0.15) is 0 Å². The second kappa shape index (κ2) is 6.25. The average Bonchev–Trinajstić information content (AvgIpc) is 2.90. The van der Waals surface area contributed by atoms with Crippen LogP contribution in [0.25, 0.3) is 0 Å². The van der Waals surface area contributed by atoms with E-state index in [1.807, 2.05) is 19.3 Å². The van der Waals surface area contributed by atoms with Crippen LogP contribution in [0.15, 0.2) is 36.5 Å². The van der Waals surface area contributed by atoms with Crippen LogP contribution in [0.1, 0.15) is 16.1 Å². The van der Waals surface area contributed by atoms with Crippen molar-refractivity contribution in [3.8, 4) is 11.5 Å². The van der Waals surface area contributed by atoms with Gasteiger partial charge in [-0.05, 0) is 29.8 Å². The zero-order valence-electron chi connectivity index (χ0n) is 11.5. The van der Waals surface area contributed by atoms with Gasteiger partial charge in [-0.2, -0.15) is 0 Å². The molecule has 0 aliphatic rings. The average molecular weight is 275 g/mol. The quantitative estimate of drug-likeness (QED) is 0.816. The fourth-order valence-corrected chi connectivity index (χ4v) is 1.90. The predicted octanol–water partition coefficient (Wildman–Crippen LogP) is 1.79. The summed E-state index contributed by atoms with van der Waals surface area (Å²) < 4.78 is 12.4. The van der Waals surface area contributed by atoms with Gasteiger partial charge in [0.2, 0.25) is 5.78 Å². The van der Waals surface area contributed by atoms with Crippen LogP contribution in [0, 0.1) is 0 Å². The van der Waals surface area contributed by atoms with Gasteiger partial charge in [0.05, 0.1) is 19.4 Å². The van der Waals surface area contributed by atoms with Crippen LogP contribution in [-0.4, -0.2) is 29.2 Å². The summed E-state index contributed by atoms with van der Waals surface area (Å²) in [5.41, 5.74) is 1.32. The molecule has 1 aromatic heterocycles. The molecule has 0 amide bonds. The first-order valence-electron chi connectivity index (χ1n) is 6.21. The molecule has 0 spiro atoms. The first-order valence-corrected chi connectivity index (χ1v) is 6.21. The number of nitrogens with zero attached hydrogens (tertiary/aromatic N) is 1. The molecule has 5 heteroatoms. The molecule has 0 saturated heterocycles. The van der Waals surface area contributed by atoms with Gasteiger partial charge in [-0.1, -0.05) is 6.07 Å². The molecule has 0 aliphatic carbocycles. The standard InChI is InChI=1S/C15H17NO4/c1-16-7-3-4-12(16)13(18)10-20-14-6-5-11(9-17)8-15(14)19-2/h3-8,17H,9-10H2,1-2H3. The number of carbonyl (C=O) groups is 1. The third-order valence-electron chi connectivity index (χ3n) is 3.00. The number of methoxy groups -OCH3 is 1. The van der Waals surface area contributed by atoms with E-state index in [0.717, 1.165) is 5.56 Å². The van der Waals surface area contributed by atoms with Crippen molar-refractivity contribution in [2.75, 3.05) is 13.7 Å². The Bertz CT molecular complexity index is 604. The van der Waals surface area contributed by atoms with E-state index in [4.69, 9.17) is 14.6 Å². The molecule has 0 aliphatic heterocycles. The third kappa shape index (κ3) is 3.00. The molecule has 1 aromatic carbocycles. The van der Waals surface area contributed by atoms with E-state index in [-0.39, 0.29) is 19.0 Å². The van der Waals surface area contributed by atoms with Crippen molar-refractivity contribution in [2.45, 2.75) is 6.61 Å². The molecule has 0 bridgehead atoms. The van der Waals surface area contributed by atoms with Crippen molar-refractivity contribution in [2.24, 2.45) is 7.05 Å². The number of aromatic nitrogens is 1. The Kier molecular flexibility index (Phi) is 4.42. The van der Waals surface area contributed by atoms with E-state index in [9.17, 15) is 4.79 Å². The van der Waals surface area contributed by atoms with E-state index < -0.39 is 0 Å². The highest BCUT2D eigenvalue weighted by Crippen LogP contribution is 2.28. The molecular weight excluding hydrogens is 258 g/mol. The second-order valence-electron chi connectivity index (χ2n) is 4.36. The van der Waals surface area contributed by atoms with Crippen molar-refractivity contribution < 1.29 is 19.4 Å². The molecule has 0 atom stereocenters. The summed E-state index contributed by atoms with van der Waals surface area (Å²) in [6, 6.07) is 8.65. The minimum Gasteiger partial charge on any atom is -0.493 e. The molecule has 5 nitrogen and oxygen atoms in total. The van der Waals surface area contributed by atoms with Crippen molar-refractivity contribution in [3.63, 3.8) is 0 Å². The lowest BCUT2D eigenvalue weighted by atomic mass is 10.2. The van der Waals surface area contributed by atoms with Gasteiger partial charge in [-0.25, -0.2) is 0 Å². The SMILES string of the molecule is COc1cc(CO)ccc1OCC(=O)c1cccn1C. The van der Waals surface area contributed by atoms with Gasteiger partial charge in [0, 0.05) is 13.2 Å². The molecule has 0 unspecified atom stereocenters. The summed E-state index contributed by atoms with van der Waals surface area (Å²) in [5.74, 6) is 0.870. The molecule has 2 rings (SSSR count). The maximum atomic E-state index is 12.0. The van der Waals surface area contributed by atoms with Crippen molar-refractivity contribution >= 4 is 5.78 Å². The highest BCUT2D eigenvalue weighted by atomic mass is 16.5. The number of aliphatic hydroxyl groups is 1. The molecule has 1 heterocycles. The number of aliphatic hydroxyl groups excluding tert-OH is 1. The van der Waals surface area contributed by atoms with Crippen LogP contribution in [0.3, 0.4) is 0 Å². The molecule has 106 valence electrons. The maximum Gasteiger partial charge on any atom is 0.216 e. The van der Waals surface area contributed by atoms with Crippen LogP contribution in [0.4, 0.5) is 0 Å². The van der Waals surface area contributed by atoms with Crippen molar-refractivity contribution in [1.29, 1.82) is 0 Å². The zero-order valence-corrected chi connectivity index (χ0v) is 11.5. The van der Waals surface area contributed by atoms with Crippen LogP contribution in [0.2, 0.25) is 0 Å². The van der Waals surface area contributed by atoms with Gasteiger partial charge < -0.3 is 19.1 Å². The molecule has 20 heavy (non-hydrogen) atoms. The van der Waals surface area contributed by atoms with Crippen LogP contribution in [-0.2, 0) is 13.7 Å². The summed E-state index contributed by atoms with van der Waals surface area (Å²) in [5, 5.41) is 9.07. The first-order chi connectivity index (χ1) is 9.65. The predicted molar refractivity (Wildman–Crippen MR) is 74.2 cm³/mol. The van der Waals surface area contributed by atoms with Crippen LogP contribution in [0.5, 0.6) is 11.5 Å². The van der Waals surface area contributed by atoms with Gasteiger partial charge in [-0.15, -0.1) is 0 Å². The van der Waals surface area contributed by atoms with Crippen LogP contribution < -0.4 is 9.47 Å². The smallest absolute Gasteiger partial charge is 0.216 e. The fraction of sp³-hybridized carbons (Fsp3) is 0.267. The van der Waals surface area contributed by atoms with Gasteiger partial charge in [0.25, 0.3) is 0 Å². The van der Waals surface area contributed by atoms with Crippen molar-refractivity contribution in [3.05, 3.63) is 47.8 Å². The number of ether oxygens (including phenoxy) is 2. The van der Waals surface area contributed by atoms with E-state index in [1.54, 1.807) is 28.8 Å². The Morgan fingerprint density at radius 3 is 2.70 bits per heavy atom. The molecule has 1 N–H and O–H groups in total. The Morgan fingerprint density at radius 2 is 2.10 bits per heavy atom. The highest BCUT2D eigenvalue weighted by molar-refractivity contribution is 5.95. The van der Waals surface area contributed by atoms with Gasteiger partial charge in [0.15, 0.2) is 18.1 Å². The number of aryl methyl sites for hydroxylation is 1. The molecule has 0 saturated carbocycles. The van der Waals surface area contributed by atoms with Crippen molar-refractivity contribution in [1.82, 2.24) is 4.57 Å². The maximum absolute atomic E-state index is 12.0. The lowest BCUT2D eigenvalue weighted by Gasteiger charge is -2.11. The molecular formula is C15H17NO4.